The second-order valence-electron chi connectivity index (χ2n) is 7.52. The van der Waals surface area contributed by atoms with E-state index in [-0.39, 0.29) is 16.3 Å². The number of hydrazone groups is 1. The monoisotopic (exact) mass is 527 g/mol. The minimum absolute atomic E-state index is 0.0772. The number of anilines is 1. The number of nitrogens with one attached hydrogen (secondary N) is 1. The molecule has 0 aliphatic rings. The van der Waals surface area contributed by atoms with E-state index in [1.807, 2.05) is 6.92 Å². The Balaban J connectivity index is 1.85. The van der Waals surface area contributed by atoms with Crippen LogP contribution in [0.25, 0.3) is 0 Å². The quantitative estimate of drug-likeness (QED) is 0.283. The van der Waals surface area contributed by atoms with Crippen molar-refractivity contribution < 1.29 is 32.2 Å². The van der Waals surface area contributed by atoms with Crippen LogP contribution in [0.3, 0.4) is 0 Å². The van der Waals surface area contributed by atoms with Crippen molar-refractivity contribution >= 4 is 27.8 Å². The van der Waals surface area contributed by atoms with E-state index in [4.69, 9.17) is 18.9 Å². The van der Waals surface area contributed by atoms with Crippen LogP contribution in [0.5, 0.6) is 23.0 Å². The second-order valence-corrected chi connectivity index (χ2v) is 9.38. The standard InChI is InChI=1S/C26H29N3O7S/c1-5-36-22-10-6-19(7-11-22)17-27-28-26(30)18-29(20-8-12-21(33-2)13-9-20)37(31,32)23-14-15-24(34-3)25(16-23)35-4/h6-17H,5,18H2,1-4H3,(H,28,30)/b27-17-. The van der Waals surface area contributed by atoms with E-state index in [9.17, 15) is 13.2 Å². The van der Waals surface area contributed by atoms with Gasteiger partial charge in [-0.1, -0.05) is 0 Å². The third kappa shape index (κ3) is 6.91. The van der Waals surface area contributed by atoms with E-state index >= 15 is 0 Å². The van der Waals surface area contributed by atoms with Crippen molar-refractivity contribution in [2.75, 3.05) is 38.8 Å². The van der Waals surface area contributed by atoms with Gasteiger partial charge in [-0.05, 0) is 73.2 Å². The number of methoxy groups -OCH3 is 3. The molecule has 0 heterocycles. The number of nitrogens with zero attached hydrogens (tertiary/aromatic N) is 2. The molecular formula is C26H29N3O7S. The molecule has 196 valence electrons. The molecule has 0 spiro atoms. The summed E-state index contributed by atoms with van der Waals surface area (Å²) in [5.41, 5.74) is 3.38. The summed E-state index contributed by atoms with van der Waals surface area (Å²) in [6.07, 6.45) is 1.45. The number of sulfonamides is 1. The second kappa shape index (κ2) is 12.6. The number of hydrogen-bond acceptors (Lipinski definition) is 8. The van der Waals surface area contributed by atoms with Crippen LogP contribution >= 0.6 is 0 Å². The summed E-state index contributed by atoms with van der Waals surface area (Å²) >= 11 is 0. The lowest BCUT2D eigenvalue weighted by Crippen LogP contribution is -2.39. The lowest BCUT2D eigenvalue weighted by atomic mass is 10.2. The van der Waals surface area contributed by atoms with Gasteiger partial charge in [0.25, 0.3) is 15.9 Å². The van der Waals surface area contributed by atoms with E-state index < -0.39 is 22.5 Å². The molecule has 0 bridgehead atoms. The predicted octanol–water partition coefficient (Wildman–Crippen LogP) is 3.46. The average Bonchev–Trinajstić information content (AvgIpc) is 2.92. The van der Waals surface area contributed by atoms with Gasteiger partial charge in [0.1, 0.15) is 18.0 Å². The van der Waals surface area contributed by atoms with E-state index in [2.05, 4.69) is 10.5 Å². The minimum atomic E-state index is -4.18. The summed E-state index contributed by atoms with van der Waals surface area (Å²) in [5.74, 6) is 1.24. The summed E-state index contributed by atoms with van der Waals surface area (Å²) in [7, 11) is 0.180. The summed E-state index contributed by atoms with van der Waals surface area (Å²) in [4.78, 5) is 12.7. The topological polar surface area (TPSA) is 116 Å². The zero-order chi connectivity index (χ0) is 26.8. The van der Waals surface area contributed by atoms with Crippen molar-refractivity contribution in [1.82, 2.24) is 5.43 Å². The van der Waals surface area contributed by atoms with Crippen molar-refractivity contribution in [2.24, 2.45) is 5.10 Å². The van der Waals surface area contributed by atoms with Gasteiger partial charge in [0.15, 0.2) is 11.5 Å². The first-order valence-corrected chi connectivity index (χ1v) is 12.7. The van der Waals surface area contributed by atoms with Crippen molar-refractivity contribution in [3.05, 3.63) is 72.3 Å². The van der Waals surface area contributed by atoms with Gasteiger partial charge in [0, 0.05) is 6.07 Å². The molecule has 0 saturated heterocycles. The largest absolute Gasteiger partial charge is 0.497 e. The lowest BCUT2D eigenvalue weighted by molar-refractivity contribution is -0.119. The van der Waals surface area contributed by atoms with Crippen LogP contribution in [-0.4, -0.2) is 55.0 Å². The van der Waals surface area contributed by atoms with Crippen LogP contribution in [0.15, 0.2) is 76.7 Å². The molecule has 0 radical (unpaired) electrons. The zero-order valence-electron chi connectivity index (χ0n) is 21.0. The maximum atomic E-state index is 13.6. The van der Waals surface area contributed by atoms with Crippen LogP contribution in [0, 0.1) is 0 Å². The molecule has 3 aromatic rings. The molecule has 1 N–H and O–H groups in total. The normalized spacial score (nSPS) is 11.1. The highest BCUT2D eigenvalue weighted by atomic mass is 32.2. The summed E-state index contributed by atoms with van der Waals surface area (Å²) < 4.78 is 49.3. The molecule has 0 saturated carbocycles. The molecule has 3 aromatic carbocycles. The minimum Gasteiger partial charge on any atom is -0.497 e. The number of carbonyl (C=O) groups excluding carboxylic acids is 1. The first kappa shape index (κ1) is 27.3. The number of amides is 1. The van der Waals surface area contributed by atoms with E-state index in [0.717, 1.165) is 15.6 Å². The molecule has 0 fully saturated rings. The Morgan fingerprint density at radius 2 is 1.54 bits per heavy atom. The SMILES string of the molecule is CCOc1ccc(/C=N\NC(=O)CN(c2ccc(OC)cc2)S(=O)(=O)c2ccc(OC)c(OC)c2)cc1. The van der Waals surface area contributed by atoms with Gasteiger partial charge in [-0.3, -0.25) is 9.10 Å². The highest BCUT2D eigenvalue weighted by Gasteiger charge is 2.28. The van der Waals surface area contributed by atoms with Crippen LogP contribution < -0.4 is 28.7 Å². The van der Waals surface area contributed by atoms with Gasteiger partial charge in [-0.15, -0.1) is 0 Å². The van der Waals surface area contributed by atoms with Crippen molar-refractivity contribution in [2.45, 2.75) is 11.8 Å². The maximum Gasteiger partial charge on any atom is 0.264 e. The van der Waals surface area contributed by atoms with Gasteiger partial charge >= 0.3 is 0 Å². The van der Waals surface area contributed by atoms with Gasteiger partial charge in [0.2, 0.25) is 0 Å². The highest BCUT2D eigenvalue weighted by molar-refractivity contribution is 7.92. The summed E-state index contributed by atoms with van der Waals surface area (Å²) in [5, 5.41) is 3.95. The molecule has 37 heavy (non-hydrogen) atoms. The molecule has 3 rings (SSSR count). The smallest absolute Gasteiger partial charge is 0.264 e. The highest BCUT2D eigenvalue weighted by Crippen LogP contribution is 2.32. The average molecular weight is 528 g/mol. The van der Waals surface area contributed by atoms with Crippen molar-refractivity contribution in [3.63, 3.8) is 0 Å². The third-order valence-corrected chi connectivity index (χ3v) is 6.95. The predicted molar refractivity (Wildman–Crippen MR) is 140 cm³/mol. The van der Waals surface area contributed by atoms with Crippen LogP contribution in [0.1, 0.15) is 12.5 Å². The summed E-state index contributed by atoms with van der Waals surface area (Å²) in [6.45, 7) is 1.93. The Hall–Kier alpha value is -4.25. The van der Waals surface area contributed by atoms with Crippen molar-refractivity contribution in [1.29, 1.82) is 0 Å². The van der Waals surface area contributed by atoms with Gasteiger partial charge < -0.3 is 18.9 Å². The van der Waals surface area contributed by atoms with Gasteiger partial charge in [-0.25, -0.2) is 13.8 Å². The molecule has 0 aliphatic carbocycles. The number of hydrogen-bond donors (Lipinski definition) is 1. The van der Waals surface area contributed by atoms with E-state index in [0.29, 0.717) is 18.1 Å². The first-order valence-electron chi connectivity index (χ1n) is 11.3. The molecule has 1 amide bonds. The fraction of sp³-hybridized carbons (Fsp3) is 0.231. The molecular weight excluding hydrogens is 498 g/mol. The van der Waals surface area contributed by atoms with Crippen LogP contribution in [0.2, 0.25) is 0 Å². The Morgan fingerprint density at radius 3 is 2.14 bits per heavy atom. The number of carbonyl (C=O) groups is 1. The Morgan fingerprint density at radius 1 is 0.892 bits per heavy atom. The fourth-order valence-electron chi connectivity index (χ4n) is 3.33. The van der Waals surface area contributed by atoms with E-state index in [1.54, 1.807) is 48.5 Å². The number of rotatable bonds is 12. The molecule has 0 unspecified atom stereocenters. The lowest BCUT2D eigenvalue weighted by Gasteiger charge is -2.24. The van der Waals surface area contributed by atoms with Gasteiger partial charge in [0.05, 0.1) is 44.7 Å². The van der Waals surface area contributed by atoms with Gasteiger partial charge in [-0.2, -0.15) is 5.10 Å². The first-order chi connectivity index (χ1) is 17.8. The van der Waals surface area contributed by atoms with E-state index in [1.165, 1.54) is 45.7 Å². The molecule has 10 nitrogen and oxygen atoms in total. The maximum absolute atomic E-state index is 13.6. The molecule has 11 heteroatoms. The summed E-state index contributed by atoms with van der Waals surface area (Å²) in [6, 6.07) is 17.7. The third-order valence-electron chi connectivity index (χ3n) is 5.18. The Kier molecular flexibility index (Phi) is 9.33. The van der Waals surface area contributed by atoms with Crippen LogP contribution in [0.4, 0.5) is 5.69 Å². The Bertz CT molecular complexity index is 1330. The van der Waals surface area contributed by atoms with Crippen molar-refractivity contribution in [3.8, 4) is 23.0 Å². The number of ether oxygens (including phenoxy) is 4. The molecule has 0 aromatic heterocycles. The fourth-order valence-corrected chi connectivity index (χ4v) is 4.77. The number of benzene rings is 3. The zero-order valence-corrected chi connectivity index (χ0v) is 21.8. The molecule has 0 aliphatic heterocycles. The molecule has 0 atom stereocenters. The Labute approximate surface area is 216 Å². The van der Waals surface area contributed by atoms with Crippen LogP contribution in [-0.2, 0) is 14.8 Å².